The first-order chi connectivity index (χ1) is 18.0. The molecule has 4 aromatic rings. The van der Waals surface area contributed by atoms with E-state index in [1.165, 1.54) is 4.90 Å². The predicted octanol–water partition coefficient (Wildman–Crippen LogP) is 5.59. The molecule has 0 bridgehead atoms. The Kier molecular flexibility index (Phi) is 6.81. The number of amides is 1. The number of Topliss-reactive ketones (excluding diaryl/α,β-unsaturated/α-hetero) is 1. The minimum absolute atomic E-state index is 0.0636. The molecule has 3 aromatic carbocycles. The van der Waals surface area contributed by atoms with Crippen LogP contribution in [0.15, 0.2) is 109 Å². The summed E-state index contributed by atoms with van der Waals surface area (Å²) in [6, 6.07) is 27.1. The molecular formula is C31H26N2O4. The van der Waals surface area contributed by atoms with Gasteiger partial charge in [0.2, 0.25) is 0 Å². The number of aryl methyl sites for hydroxylation is 1. The molecule has 6 heteroatoms. The van der Waals surface area contributed by atoms with E-state index in [1.807, 2.05) is 67.6 Å². The molecule has 1 aromatic heterocycles. The molecule has 0 radical (unpaired) electrons. The zero-order valence-electron chi connectivity index (χ0n) is 20.4. The van der Waals surface area contributed by atoms with Gasteiger partial charge in [-0.3, -0.25) is 14.6 Å². The summed E-state index contributed by atoms with van der Waals surface area (Å²) in [4.78, 5) is 32.0. The number of aliphatic hydroxyl groups is 1. The summed E-state index contributed by atoms with van der Waals surface area (Å²) < 4.78 is 5.91. The maximum Gasteiger partial charge on any atom is 0.295 e. The first-order valence-electron chi connectivity index (χ1n) is 12.0. The van der Waals surface area contributed by atoms with Gasteiger partial charge in [-0.15, -0.1) is 0 Å². The van der Waals surface area contributed by atoms with Crippen LogP contribution in [-0.2, 0) is 22.7 Å². The molecule has 1 aliphatic rings. The summed E-state index contributed by atoms with van der Waals surface area (Å²) in [6.45, 7) is 2.65. The summed E-state index contributed by atoms with van der Waals surface area (Å²) in [7, 11) is 0. The van der Waals surface area contributed by atoms with Crippen LogP contribution in [-0.4, -0.2) is 26.7 Å². The highest BCUT2D eigenvalue weighted by molar-refractivity contribution is 6.46. The second-order valence-corrected chi connectivity index (χ2v) is 8.94. The topological polar surface area (TPSA) is 79.7 Å². The molecule has 5 rings (SSSR count). The Balaban J connectivity index is 1.46. The molecule has 6 nitrogen and oxygen atoms in total. The van der Waals surface area contributed by atoms with Gasteiger partial charge in [0.1, 0.15) is 18.1 Å². The molecule has 184 valence electrons. The number of ether oxygens (including phenoxy) is 1. The molecule has 1 N–H and O–H groups in total. The lowest BCUT2D eigenvalue weighted by atomic mass is 9.95. The Bertz CT molecular complexity index is 1450. The van der Waals surface area contributed by atoms with Crippen LogP contribution in [0.25, 0.3) is 5.76 Å². The average Bonchev–Trinajstić information content (AvgIpc) is 3.18. The van der Waals surface area contributed by atoms with E-state index in [4.69, 9.17) is 4.74 Å². The summed E-state index contributed by atoms with van der Waals surface area (Å²) in [5, 5.41) is 11.3. The fourth-order valence-corrected chi connectivity index (χ4v) is 4.51. The van der Waals surface area contributed by atoms with E-state index in [0.717, 1.165) is 22.3 Å². The van der Waals surface area contributed by atoms with Crippen molar-refractivity contribution in [1.29, 1.82) is 0 Å². The zero-order valence-corrected chi connectivity index (χ0v) is 20.4. The lowest BCUT2D eigenvalue weighted by molar-refractivity contribution is -0.140. The van der Waals surface area contributed by atoms with Crippen molar-refractivity contribution in [3.8, 4) is 5.75 Å². The van der Waals surface area contributed by atoms with Crippen LogP contribution in [0.5, 0.6) is 5.75 Å². The van der Waals surface area contributed by atoms with Crippen LogP contribution in [0.4, 0.5) is 0 Å². The third-order valence-corrected chi connectivity index (χ3v) is 6.51. The zero-order chi connectivity index (χ0) is 25.8. The highest BCUT2D eigenvalue weighted by Gasteiger charge is 2.46. The number of hydrogen-bond donors (Lipinski definition) is 1. The number of aromatic nitrogens is 1. The molecule has 1 fully saturated rings. The Hall–Kier alpha value is -4.71. The number of carbonyl (C=O) groups excluding carboxylic acids is 2. The maximum atomic E-state index is 13.2. The fourth-order valence-electron chi connectivity index (χ4n) is 4.51. The van der Waals surface area contributed by atoms with E-state index >= 15 is 0 Å². The Morgan fingerprint density at radius 2 is 1.65 bits per heavy atom. The Labute approximate surface area is 215 Å². The predicted molar refractivity (Wildman–Crippen MR) is 140 cm³/mol. The third kappa shape index (κ3) is 5.00. The number of ketones is 1. The molecular weight excluding hydrogens is 464 g/mol. The minimum atomic E-state index is -0.724. The molecule has 1 aliphatic heterocycles. The number of aliphatic hydroxyl groups excluding tert-OH is 1. The highest BCUT2D eigenvalue weighted by atomic mass is 16.5. The number of hydrogen-bond acceptors (Lipinski definition) is 5. The summed E-state index contributed by atoms with van der Waals surface area (Å²) >= 11 is 0. The molecule has 2 heterocycles. The van der Waals surface area contributed by atoms with Crippen molar-refractivity contribution in [1.82, 2.24) is 9.88 Å². The number of carbonyl (C=O) groups is 2. The van der Waals surface area contributed by atoms with Gasteiger partial charge in [0.25, 0.3) is 11.7 Å². The van der Waals surface area contributed by atoms with Gasteiger partial charge < -0.3 is 14.7 Å². The number of benzene rings is 3. The van der Waals surface area contributed by atoms with Gasteiger partial charge in [0.15, 0.2) is 0 Å². The highest BCUT2D eigenvalue weighted by Crippen LogP contribution is 2.40. The summed E-state index contributed by atoms with van der Waals surface area (Å²) in [5.41, 5.74) is 4.27. The molecule has 0 saturated carbocycles. The Morgan fingerprint density at radius 3 is 2.35 bits per heavy atom. The summed E-state index contributed by atoms with van der Waals surface area (Å²) in [6.07, 6.45) is 3.32. The molecule has 1 unspecified atom stereocenters. The van der Waals surface area contributed by atoms with Crippen molar-refractivity contribution in [3.05, 3.63) is 137 Å². The lowest BCUT2D eigenvalue weighted by Gasteiger charge is -2.25. The van der Waals surface area contributed by atoms with E-state index in [1.54, 1.807) is 42.7 Å². The van der Waals surface area contributed by atoms with Gasteiger partial charge in [-0.25, -0.2) is 0 Å². The largest absolute Gasteiger partial charge is 0.507 e. The van der Waals surface area contributed by atoms with Crippen molar-refractivity contribution in [2.45, 2.75) is 26.1 Å². The maximum absolute atomic E-state index is 13.2. The van der Waals surface area contributed by atoms with Crippen LogP contribution in [0.3, 0.4) is 0 Å². The fraction of sp³-hybridized carbons (Fsp3) is 0.129. The van der Waals surface area contributed by atoms with Crippen LogP contribution in [0, 0.1) is 6.92 Å². The quantitative estimate of drug-likeness (QED) is 0.208. The van der Waals surface area contributed by atoms with E-state index in [-0.39, 0.29) is 17.9 Å². The van der Waals surface area contributed by atoms with Crippen LogP contribution < -0.4 is 4.74 Å². The number of rotatable bonds is 7. The first-order valence-corrected chi connectivity index (χ1v) is 12.0. The second-order valence-electron chi connectivity index (χ2n) is 8.94. The molecule has 1 saturated heterocycles. The van der Waals surface area contributed by atoms with Crippen molar-refractivity contribution < 1.29 is 19.4 Å². The third-order valence-electron chi connectivity index (χ3n) is 6.51. The van der Waals surface area contributed by atoms with E-state index < -0.39 is 17.7 Å². The molecule has 1 atom stereocenters. The lowest BCUT2D eigenvalue weighted by Crippen LogP contribution is -2.29. The second kappa shape index (κ2) is 10.5. The van der Waals surface area contributed by atoms with Crippen LogP contribution >= 0.6 is 0 Å². The molecule has 1 amide bonds. The molecule has 37 heavy (non-hydrogen) atoms. The van der Waals surface area contributed by atoms with Crippen molar-refractivity contribution in [2.75, 3.05) is 0 Å². The standard InChI is InChI=1S/C31H26N2O4/c1-21-8-5-6-12-25(21)20-37-26-15-13-24(14-16-26)29(34)27-28(23-10-3-2-4-11-23)33(31(36)30(27)35)19-22-9-7-17-32-18-22/h2-18,28,34H,19-20H2,1H3/b29-27+. The van der Waals surface area contributed by atoms with E-state index in [2.05, 4.69) is 4.98 Å². The van der Waals surface area contributed by atoms with Gasteiger partial charge in [0, 0.05) is 24.5 Å². The van der Waals surface area contributed by atoms with E-state index in [9.17, 15) is 14.7 Å². The average molecular weight is 491 g/mol. The van der Waals surface area contributed by atoms with Gasteiger partial charge in [0.05, 0.1) is 11.6 Å². The van der Waals surface area contributed by atoms with Gasteiger partial charge in [-0.2, -0.15) is 0 Å². The van der Waals surface area contributed by atoms with Gasteiger partial charge >= 0.3 is 0 Å². The van der Waals surface area contributed by atoms with Crippen LogP contribution in [0.2, 0.25) is 0 Å². The normalized spacial score (nSPS) is 16.7. The number of nitrogens with zero attached hydrogens (tertiary/aromatic N) is 2. The van der Waals surface area contributed by atoms with E-state index in [0.29, 0.717) is 17.9 Å². The first kappa shape index (κ1) is 24.0. The van der Waals surface area contributed by atoms with Crippen molar-refractivity contribution >= 4 is 17.4 Å². The van der Waals surface area contributed by atoms with Gasteiger partial charge in [-0.1, -0.05) is 60.7 Å². The number of likely N-dealkylation sites (tertiary alicyclic amines) is 1. The number of pyridine rings is 1. The monoisotopic (exact) mass is 490 g/mol. The van der Waals surface area contributed by atoms with Crippen molar-refractivity contribution in [3.63, 3.8) is 0 Å². The Morgan fingerprint density at radius 1 is 0.919 bits per heavy atom. The molecule has 0 aliphatic carbocycles. The summed E-state index contributed by atoms with van der Waals surface area (Å²) in [5.74, 6) is -0.949. The van der Waals surface area contributed by atoms with Crippen LogP contribution in [0.1, 0.15) is 33.9 Å². The van der Waals surface area contributed by atoms with Gasteiger partial charge in [-0.05, 0) is 59.5 Å². The minimum Gasteiger partial charge on any atom is -0.507 e. The SMILES string of the molecule is Cc1ccccc1COc1ccc(/C(O)=C2\C(=O)C(=O)N(Cc3cccnc3)C2c2ccccc2)cc1. The smallest absolute Gasteiger partial charge is 0.295 e. The van der Waals surface area contributed by atoms with Crippen molar-refractivity contribution in [2.24, 2.45) is 0 Å². The molecule has 0 spiro atoms.